The van der Waals surface area contributed by atoms with Crippen molar-refractivity contribution >= 4 is 29.0 Å². The quantitative estimate of drug-likeness (QED) is 0.784. The van der Waals surface area contributed by atoms with Gasteiger partial charge in [0.05, 0.1) is 0 Å². The molecule has 3 rings (SSSR count). The summed E-state index contributed by atoms with van der Waals surface area (Å²) in [5.74, 6) is 4.26. The minimum atomic E-state index is 0.700. The first-order chi connectivity index (χ1) is 8.34. The highest BCUT2D eigenvalue weighted by Gasteiger charge is 2.18. The summed E-state index contributed by atoms with van der Waals surface area (Å²) in [7, 11) is 0. The number of halogens is 1. The first-order valence-electron chi connectivity index (χ1n) is 5.91. The molecule has 0 spiro atoms. The van der Waals surface area contributed by atoms with Crippen molar-refractivity contribution < 1.29 is 0 Å². The Bertz CT molecular complexity index is 519. The van der Waals surface area contributed by atoms with Gasteiger partial charge >= 0.3 is 0 Å². The fraction of sp³-hybridized carbons (Fsp3) is 0.500. The Morgan fingerprint density at radius 3 is 3.18 bits per heavy atom. The second kappa shape index (κ2) is 4.86. The van der Waals surface area contributed by atoms with Gasteiger partial charge in [0.25, 0.3) is 0 Å². The van der Waals surface area contributed by atoms with E-state index in [2.05, 4.69) is 10.2 Å². The standard InChI is InChI=1S/C12H14ClN3S/c13-10-4-1-5-11-14-15-12(16(10)11)7-9-3-2-6-17-8-9/h1,4-5,9H,2-3,6-8H2. The first kappa shape index (κ1) is 11.4. The van der Waals surface area contributed by atoms with Crippen LogP contribution in [0.4, 0.5) is 0 Å². The van der Waals surface area contributed by atoms with Gasteiger partial charge in [0, 0.05) is 6.42 Å². The van der Waals surface area contributed by atoms with Gasteiger partial charge in [0.2, 0.25) is 0 Å². The van der Waals surface area contributed by atoms with Gasteiger partial charge in [-0.25, -0.2) is 0 Å². The lowest BCUT2D eigenvalue weighted by atomic mass is 10.0. The average molecular weight is 268 g/mol. The molecule has 1 unspecified atom stereocenters. The number of aromatic nitrogens is 3. The maximum absolute atomic E-state index is 6.20. The molecule has 17 heavy (non-hydrogen) atoms. The van der Waals surface area contributed by atoms with Crippen LogP contribution in [0.15, 0.2) is 18.2 Å². The van der Waals surface area contributed by atoms with Crippen molar-refractivity contribution in [1.29, 1.82) is 0 Å². The Labute approximate surface area is 110 Å². The number of thioether (sulfide) groups is 1. The Morgan fingerprint density at radius 2 is 2.35 bits per heavy atom. The highest BCUT2D eigenvalue weighted by molar-refractivity contribution is 7.99. The zero-order chi connectivity index (χ0) is 11.7. The maximum Gasteiger partial charge on any atom is 0.161 e. The highest BCUT2D eigenvalue weighted by Crippen LogP contribution is 2.26. The minimum absolute atomic E-state index is 0.700. The van der Waals surface area contributed by atoms with Crippen molar-refractivity contribution in [1.82, 2.24) is 14.6 Å². The van der Waals surface area contributed by atoms with E-state index in [9.17, 15) is 0 Å². The summed E-state index contributed by atoms with van der Waals surface area (Å²) in [5, 5.41) is 9.14. The Balaban J connectivity index is 1.89. The van der Waals surface area contributed by atoms with Crippen LogP contribution in [0.5, 0.6) is 0 Å². The monoisotopic (exact) mass is 267 g/mol. The normalized spacial score (nSPS) is 20.9. The minimum Gasteiger partial charge on any atom is -0.269 e. The Morgan fingerprint density at radius 1 is 1.41 bits per heavy atom. The van der Waals surface area contributed by atoms with Gasteiger partial charge < -0.3 is 0 Å². The van der Waals surface area contributed by atoms with E-state index >= 15 is 0 Å². The summed E-state index contributed by atoms with van der Waals surface area (Å²) in [4.78, 5) is 0. The fourth-order valence-electron chi connectivity index (χ4n) is 2.32. The molecule has 90 valence electrons. The number of hydrogen-bond donors (Lipinski definition) is 0. The molecule has 5 heteroatoms. The van der Waals surface area contributed by atoms with Crippen LogP contribution in [-0.4, -0.2) is 26.1 Å². The van der Waals surface area contributed by atoms with E-state index in [1.54, 1.807) is 0 Å². The molecule has 0 radical (unpaired) electrons. The van der Waals surface area contributed by atoms with Crippen molar-refractivity contribution in [3.63, 3.8) is 0 Å². The molecule has 3 nitrogen and oxygen atoms in total. The van der Waals surface area contributed by atoms with Crippen LogP contribution in [0.25, 0.3) is 5.65 Å². The first-order valence-corrected chi connectivity index (χ1v) is 7.44. The molecule has 0 bridgehead atoms. The van der Waals surface area contributed by atoms with Crippen LogP contribution in [0.1, 0.15) is 18.7 Å². The lowest BCUT2D eigenvalue weighted by molar-refractivity contribution is 0.506. The predicted molar refractivity (Wildman–Crippen MR) is 71.8 cm³/mol. The SMILES string of the molecule is Clc1cccc2nnc(CC3CCCSC3)n12. The molecular formula is C12H14ClN3S. The van der Waals surface area contributed by atoms with Crippen molar-refractivity contribution in [2.75, 3.05) is 11.5 Å². The summed E-state index contributed by atoms with van der Waals surface area (Å²) in [6, 6.07) is 5.74. The van der Waals surface area contributed by atoms with Gasteiger partial charge in [0.15, 0.2) is 5.65 Å². The number of rotatable bonds is 2. The third-order valence-electron chi connectivity index (χ3n) is 3.17. The van der Waals surface area contributed by atoms with Crippen molar-refractivity contribution in [2.24, 2.45) is 5.92 Å². The van der Waals surface area contributed by atoms with E-state index in [0.717, 1.165) is 23.8 Å². The fourth-order valence-corrected chi connectivity index (χ4v) is 3.73. The van der Waals surface area contributed by atoms with Crippen LogP contribution in [0, 0.1) is 5.92 Å². The third-order valence-corrected chi connectivity index (χ3v) is 4.75. The molecule has 1 fully saturated rings. The van der Waals surface area contributed by atoms with Gasteiger partial charge in [-0.3, -0.25) is 4.40 Å². The molecule has 1 aliphatic rings. The molecule has 0 N–H and O–H groups in total. The van der Waals surface area contributed by atoms with Gasteiger partial charge in [-0.2, -0.15) is 11.8 Å². The zero-order valence-electron chi connectivity index (χ0n) is 9.47. The summed E-state index contributed by atoms with van der Waals surface area (Å²) in [6.45, 7) is 0. The molecule has 1 saturated heterocycles. The van der Waals surface area contributed by atoms with Crippen LogP contribution in [0.3, 0.4) is 0 Å². The number of fused-ring (bicyclic) bond motifs is 1. The topological polar surface area (TPSA) is 30.2 Å². The molecule has 0 aliphatic carbocycles. The van der Waals surface area contributed by atoms with Crippen LogP contribution < -0.4 is 0 Å². The van der Waals surface area contributed by atoms with Gasteiger partial charge in [0.1, 0.15) is 11.0 Å². The zero-order valence-corrected chi connectivity index (χ0v) is 11.0. The molecule has 2 aromatic rings. The number of nitrogens with zero attached hydrogens (tertiary/aromatic N) is 3. The van der Waals surface area contributed by atoms with Crippen LogP contribution >= 0.6 is 23.4 Å². The second-order valence-electron chi connectivity index (χ2n) is 4.45. The summed E-state index contributed by atoms with van der Waals surface area (Å²) in [5.41, 5.74) is 0.843. The number of hydrogen-bond acceptors (Lipinski definition) is 3. The predicted octanol–water partition coefficient (Wildman–Crippen LogP) is 3.07. The lowest BCUT2D eigenvalue weighted by Crippen LogP contribution is -2.15. The lowest BCUT2D eigenvalue weighted by Gasteiger charge is -2.20. The van der Waals surface area contributed by atoms with E-state index in [1.807, 2.05) is 34.4 Å². The Kier molecular flexibility index (Phi) is 3.25. The third kappa shape index (κ3) is 2.29. The molecule has 0 aromatic carbocycles. The van der Waals surface area contributed by atoms with Gasteiger partial charge in [-0.15, -0.1) is 10.2 Å². The molecular weight excluding hydrogens is 254 g/mol. The van der Waals surface area contributed by atoms with Crippen molar-refractivity contribution in [3.05, 3.63) is 29.2 Å². The van der Waals surface area contributed by atoms with E-state index in [0.29, 0.717) is 5.15 Å². The van der Waals surface area contributed by atoms with Crippen LogP contribution in [-0.2, 0) is 6.42 Å². The largest absolute Gasteiger partial charge is 0.269 e. The highest BCUT2D eigenvalue weighted by atomic mass is 35.5. The molecule has 1 aliphatic heterocycles. The van der Waals surface area contributed by atoms with Crippen molar-refractivity contribution in [2.45, 2.75) is 19.3 Å². The van der Waals surface area contributed by atoms with Gasteiger partial charge in [-0.05, 0) is 42.4 Å². The summed E-state index contributed by atoms with van der Waals surface area (Å²) >= 11 is 8.24. The average Bonchev–Trinajstić information content (AvgIpc) is 2.75. The van der Waals surface area contributed by atoms with E-state index in [1.165, 1.54) is 24.3 Å². The molecule has 0 saturated carbocycles. The molecule has 2 aromatic heterocycles. The number of pyridine rings is 1. The summed E-state index contributed by atoms with van der Waals surface area (Å²) in [6.07, 6.45) is 3.60. The Hall–Kier alpha value is -0.740. The van der Waals surface area contributed by atoms with E-state index in [-0.39, 0.29) is 0 Å². The maximum atomic E-state index is 6.20. The smallest absolute Gasteiger partial charge is 0.161 e. The summed E-state index contributed by atoms with van der Waals surface area (Å²) < 4.78 is 1.96. The second-order valence-corrected chi connectivity index (χ2v) is 5.98. The molecule has 1 atom stereocenters. The molecule has 0 amide bonds. The molecule has 3 heterocycles. The van der Waals surface area contributed by atoms with Crippen LogP contribution in [0.2, 0.25) is 5.15 Å². The van der Waals surface area contributed by atoms with Gasteiger partial charge in [-0.1, -0.05) is 17.7 Å². The van der Waals surface area contributed by atoms with Crippen molar-refractivity contribution in [3.8, 4) is 0 Å². The van der Waals surface area contributed by atoms with E-state index in [4.69, 9.17) is 11.6 Å². The van der Waals surface area contributed by atoms with E-state index < -0.39 is 0 Å².